The second-order valence-electron chi connectivity index (χ2n) is 9.19. The monoisotopic (exact) mass is 372 g/mol. The van der Waals surface area contributed by atoms with Gasteiger partial charge in [0.1, 0.15) is 5.82 Å². The van der Waals surface area contributed by atoms with Crippen LogP contribution >= 0.6 is 0 Å². The molecule has 6 heteroatoms. The molecular formula is C21H32N4O2. The lowest BCUT2D eigenvalue weighted by Crippen LogP contribution is -2.41. The molecule has 1 N–H and O–H groups in total. The summed E-state index contributed by atoms with van der Waals surface area (Å²) in [6.07, 6.45) is 10.3. The van der Waals surface area contributed by atoms with E-state index < -0.39 is 0 Å². The summed E-state index contributed by atoms with van der Waals surface area (Å²) in [5.74, 6) is 1.84. The number of rotatable bonds is 5. The van der Waals surface area contributed by atoms with Crippen molar-refractivity contribution < 1.29 is 9.59 Å². The zero-order valence-corrected chi connectivity index (χ0v) is 16.6. The minimum atomic E-state index is 0.0370. The summed E-state index contributed by atoms with van der Waals surface area (Å²) in [6.45, 7) is 5.68. The molecule has 0 bridgehead atoms. The van der Waals surface area contributed by atoms with Crippen molar-refractivity contribution in [3.8, 4) is 0 Å². The van der Waals surface area contributed by atoms with Gasteiger partial charge in [0, 0.05) is 31.5 Å². The molecule has 2 amide bonds. The average molecular weight is 373 g/mol. The van der Waals surface area contributed by atoms with Gasteiger partial charge >= 0.3 is 0 Å². The molecule has 0 radical (unpaired) electrons. The first-order chi connectivity index (χ1) is 13.0. The summed E-state index contributed by atoms with van der Waals surface area (Å²) in [6, 6.07) is 2.11. The minimum Gasteiger partial charge on any atom is -0.342 e. The summed E-state index contributed by atoms with van der Waals surface area (Å²) in [7, 11) is 0. The Morgan fingerprint density at radius 3 is 2.63 bits per heavy atom. The molecule has 0 aromatic carbocycles. The Hall–Kier alpha value is -1.85. The van der Waals surface area contributed by atoms with Crippen LogP contribution in [0.4, 0.5) is 5.82 Å². The number of likely N-dealkylation sites (tertiary alicyclic amines) is 1. The van der Waals surface area contributed by atoms with E-state index in [-0.39, 0.29) is 11.9 Å². The fraction of sp³-hybridized carbons (Fsp3) is 0.762. The van der Waals surface area contributed by atoms with Gasteiger partial charge in [-0.05, 0) is 43.4 Å². The first kappa shape index (κ1) is 18.5. The topological polar surface area (TPSA) is 67.2 Å². The van der Waals surface area contributed by atoms with E-state index in [2.05, 4.69) is 15.3 Å². The number of carbonyl (C=O) groups excluding carboxylic acids is 2. The number of amides is 2. The minimum absolute atomic E-state index is 0.0370. The fourth-order valence-electron chi connectivity index (χ4n) is 5.15. The molecule has 0 unspecified atom stereocenters. The van der Waals surface area contributed by atoms with E-state index in [0.717, 1.165) is 38.2 Å². The van der Waals surface area contributed by atoms with Crippen LogP contribution in [-0.4, -0.2) is 39.6 Å². The molecular weight excluding hydrogens is 340 g/mol. The number of hydrogen-bond donors (Lipinski definition) is 1. The van der Waals surface area contributed by atoms with Crippen molar-refractivity contribution in [3.05, 3.63) is 12.3 Å². The molecule has 1 spiro atoms. The van der Waals surface area contributed by atoms with E-state index in [4.69, 9.17) is 0 Å². The maximum absolute atomic E-state index is 12.9. The van der Waals surface area contributed by atoms with Gasteiger partial charge in [0.05, 0.1) is 12.2 Å². The standard InChI is InChI=1S/C21H32N4O2/c1-15(2)13-19(26)23-18-5-10-22-25(18)16-6-11-24(12-7-16)20(27)17-14-21(17)8-3-4-9-21/h5,10,15-17H,3-4,6-9,11-14H2,1-2H3,(H,23,26)/t17-/m0/s1. The predicted octanol–water partition coefficient (Wildman–Crippen LogP) is 3.61. The van der Waals surface area contributed by atoms with Gasteiger partial charge < -0.3 is 10.2 Å². The van der Waals surface area contributed by atoms with E-state index in [1.165, 1.54) is 25.7 Å². The van der Waals surface area contributed by atoms with Gasteiger partial charge in [0.2, 0.25) is 11.8 Å². The van der Waals surface area contributed by atoms with Gasteiger partial charge in [-0.3, -0.25) is 9.59 Å². The summed E-state index contributed by atoms with van der Waals surface area (Å²) in [5, 5.41) is 7.44. The summed E-state index contributed by atoms with van der Waals surface area (Å²) < 4.78 is 1.94. The largest absolute Gasteiger partial charge is 0.342 e. The summed E-state index contributed by atoms with van der Waals surface area (Å²) in [5.41, 5.74) is 0.379. The van der Waals surface area contributed by atoms with Crippen LogP contribution in [0.3, 0.4) is 0 Å². The zero-order chi connectivity index (χ0) is 19.0. The highest BCUT2D eigenvalue weighted by Gasteiger charge is 2.59. The highest BCUT2D eigenvalue weighted by Crippen LogP contribution is 2.63. The van der Waals surface area contributed by atoms with Crippen LogP contribution in [-0.2, 0) is 9.59 Å². The predicted molar refractivity (Wildman–Crippen MR) is 104 cm³/mol. The molecule has 1 aromatic rings. The molecule has 3 fully saturated rings. The average Bonchev–Trinajstić information content (AvgIpc) is 2.95. The zero-order valence-electron chi connectivity index (χ0n) is 16.6. The van der Waals surface area contributed by atoms with E-state index in [1.807, 2.05) is 24.6 Å². The number of aromatic nitrogens is 2. The fourth-order valence-corrected chi connectivity index (χ4v) is 5.15. The van der Waals surface area contributed by atoms with Crippen molar-refractivity contribution in [1.29, 1.82) is 0 Å². The number of anilines is 1. The Morgan fingerprint density at radius 2 is 1.96 bits per heavy atom. The van der Waals surface area contributed by atoms with Gasteiger partial charge in [-0.2, -0.15) is 5.10 Å². The van der Waals surface area contributed by atoms with Crippen LogP contribution in [0.2, 0.25) is 0 Å². The first-order valence-electron chi connectivity index (χ1n) is 10.6. The van der Waals surface area contributed by atoms with Crippen LogP contribution in [0.5, 0.6) is 0 Å². The molecule has 2 heterocycles. The molecule has 1 aliphatic heterocycles. The summed E-state index contributed by atoms with van der Waals surface area (Å²) in [4.78, 5) is 27.1. The van der Waals surface area contributed by atoms with Crippen molar-refractivity contribution in [1.82, 2.24) is 14.7 Å². The van der Waals surface area contributed by atoms with Crippen LogP contribution in [0.1, 0.15) is 71.3 Å². The number of nitrogens with one attached hydrogen (secondary N) is 1. The lowest BCUT2D eigenvalue weighted by molar-refractivity contribution is -0.134. The van der Waals surface area contributed by atoms with Crippen molar-refractivity contribution in [2.45, 2.75) is 71.3 Å². The maximum Gasteiger partial charge on any atom is 0.226 e. The second kappa shape index (κ2) is 7.28. The van der Waals surface area contributed by atoms with Crippen molar-refractivity contribution in [2.75, 3.05) is 18.4 Å². The molecule has 2 aliphatic carbocycles. The smallest absolute Gasteiger partial charge is 0.226 e. The third-order valence-electron chi connectivity index (χ3n) is 6.74. The SMILES string of the molecule is CC(C)CC(=O)Nc1ccnn1C1CCN(C(=O)[C@@H]2CC23CCCC3)CC1. The Kier molecular flexibility index (Phi) is 4.99. The Labute approximate surface area is 161 Å². The Morgan fingerprint density at radius 1 is 1.26 bits per heavy atom. The van der Waals surface area contributed by atoms with E-state index >= 15 is 0 Å². The lowest BCUT2D eigenvalue weighted by Gasteiger charge is -2.33. The number of nitrogens with zero attached hydrogens (tertiary/aromatic N) is 3. The Balaban J connectivity index is 1.32. The molecule has 6 nitrogen and oxygen atoms in total. The van der Waals surface area contributed by atoms with Crippen LogP contribution in [0.25, 0.3) is 0 Å². The molecule has 1 atom stereocenters. The molecule has 2 saturated carbocycles. The van der Waals surface area contributed by atoms with Gasteiger partial charge in [-0.15, -0.1) is 0 Å². The van der Waals surface area contributed by atoms with Crippen LogP contribution in [0.15, 0.2) is 12.3 Å². The quantitative estimate of drug-likeness (QED) is 0.858. The van der Waals surface area contributed by atoms with E-state index in [9.17, 15) is 9.59 Å². The maximum atomic E-state index is 12.9. The van der Waals surface area contributed by atoms with Crippen molar-refractivity contribution in [3.63, 3.8) is 0 Å². The highest BCUT2D eigenvalue weighted by atomic mass is 16.2. The van der Waals surface area contributed by atoms with E-state index in [0.29, 0.717) is 29.6 Å². The molecule has 148 valence electrons. The van der Waals surface area contributed by atoms with Crippen LogP contribution < -0.4 is 5.32 Å². The Bertz CT molecular complexity index is 697. The summed E-state index contributed by atoms with van der Waals surface area (Å²) >= 11 is 0. The van der Waals surface area contributed by atoms with Crippen molar-refractivity contribution in [2.24, 2.45) is 17.3 Å². The molecule has 1 saturated heterocycles. The van der Waals surface area contributed by atoms with E-state index in [1.54, 1.807) is 6.20 Å². The molecule has 3 aliphatic rings. The van der Waals surface area contributed by atoms with Gasteiger partial charge in [-0.25, -0.2) is 4.68 Å². The lowest BCUT2D eigenvalue weighted by atomic mass is 10.00. The third kappa shape index (κ3) is 3.76. The third-order valence-corrected chi connectivity index (χ3v) is 6.74. The van der Waals surface area contributed by atoms with Crippen molar-refractivity contribution >= 4 is 17.6 Å². The van der Waals surface area contributed by atoms with Crippen LogP contribution in [0, 0.1) is 17.3 Å². The number of hydrogen-bond acceptors (Lipinski definition) is 3. The number of carbonyl (C=O) groups is 2. The first-order valence-corrected chi connectivity index (χ1v) is 10.6. The molecule has 1 aromatic heterocycles. The highest BCUT2D eigenvalue weighted by molar-refractivity contribution is 5.90. The molecule has 27 heavy (non-hydrogen) atoms. The van der Waals surface area contributed by atoms with Gasteiger partial charge in [0.15, 0.2) is 0 Å². The normalized spacial score (nSPS) is 24.6. The van der Waals surface area contributed by atoms with Gasteiger partial charge in [-0.1, -0.05) is 26.7 Å². The second-order valence-corrected chi connectivity index (χ2v) is 9.19. The number of piperidine rings is 1. The molecule has 4 rings (SSSR count). The van der Waals surface area contributed by atoms with Gasteiger partial charge in [0.25, 0.3) is 0 Å².